The number of hydrogen-bond donors (Lipinski definition) is 2. The molecule has 0 saturated carbocycles. The maximum atomic E-state index is 11.0. The van der Waals surface area contributed by atoms with Crippen molar-refractivity contribution in [2.75, 3.05) is 13.7 Å². The lowest BCUT2D eigenvalue weighted by Gasteiger charge is -2.23. The van der Waals surface area contributed by atoms with Gasteiger partial charge in [0.2, 0.25) is 5.91 Å². The molecule has 1 heterocycles. The molecule has 1 aromatic carbocycles. The van der Waals surface area contributed by atoms with Crippen LogP contribution in [0.5, 0.6) is 0 Å². The van der Waals surface area contributed by atoms with Gasteiger partial charge in [0, 0.05) is 32.7 Å². The Kier molecular flexibility index (Phi) is 4.73. The van der Waals surface area contributed by atoms with Crippen molar-refractivity contribution in [1.29, 1.82) is 0 Å². The van der Waals surface area contributed by atoms with E-state index in [0.29, 0.717) is 19.1 Å². The minimum Gasteiger partial charge on any atom is -0.380 e. The van der Waals surface area contributed by atoms with E-state index < -0.39 is 0 Å². The summed E-state index contributed by atoms with van der Waals surface area (Å²) in [5, 5.41) is 6.35. The SMILES string of the molecule is COCc1cccc(CNC2CCC(=O)NC2)c1. The number of amides is 1. The molecule has 1 amide bonds. The zero-order chi connectivity index (χ0) is 12.8. The van der Waals surface area contributed by atoms with E-state index in [2.05, 4.69) is 28.8 Å². The molecule has 0 spiro atoms. The van der Waals surface area contributed by atoms with Crippen molar-refractivity contribution < 1.29 is 9.53 Å². The van der Waals surface area contributed by atoms with Gasteiger partial charge in [-0.25, -0.2) is 0 Å². The lowest BCUT2D eigenvalue weighted by molar-refractivity contribution is -0.122. The maximum Gasteiger partial charge on any atom is 0.220 e. The Hall–Kier alpha value is -1.39. The van der Waals surface area contributed by atoms with E-state index in [-0.39, 0.29) is 5.91 Å². The van der Waals surface area contributed by atoms with Crippen molar-refractivity contribution in [2.24, 2.45) is 0 Å². The highest BCUT2D eigenvalue weighted by Crippen LogP contribution is 2.08. The van der Waals surface area contributed by atoms with Crippen LogP contribution in [0.4, 0.5) is 0 Å². The van der Waals surface area contributed by atoms with Gasteiger partial charge < -0.3 is 15.4 Å². The Morgan fingerprint density at radius 1 is 1.44 bits per heavy atom. The van der Waals surface area contributed by atoms with Crippen LogP contribution in [0.25, 0.3) is 0 Å². The van der Waals surface area contributed by atoms with E-state index in [0.717, 1.165) is 19.5 Å². The van der Waals surface area contributed by atoms with Crippen LogP contribution in [-0.4, -0.2) is 25.6 Å². The molecule has 1 unspecified atom stereocenters. The van der Waals surface area contributed by atoms with Gasteiger partial charge in [0.25, 0.3) is 0 Å². The highest BCUT2D eigenvalue weighted by Gasteiger charge is 2.16. The van der Waals surface area contributed by atoms with Crippen molar-refractivity contribution in [3.05, 3.63) is 35.4 Å². The van der Waals surface area contributed by atoms with Crippen LogP contribution >= 0.6 is 0 Å². The Balaban J connectivity index is 1.82. The maximum absolute atomic E-state index is 11.0. The van der Waals surface area contributed by atoms with E-state index in [1.165, 1.54) is 11.1 Å². The summed E-state index contributed by atoms with van der Waals surface area (Å²) in [5.41, 5.74) is 2.44. The average molecular weight is 248 g/mol. The predicted molar refractivity (Wildman–Crippen MR) is 70.0 cm³/mol. The quantitative estimate of drug-likeness (QED) is 0.823. The molecule has 0 bridgehead atoms. The first kappa shape index (κ1) is 13.1. The standard InChI is InChI=1S/C14H20N2O2/c1-18-10-12-4-2-3-11(7-12)8-15-13-5-6-14(17)16-9-13/h2-4,7,13,15H,5-6,8-10H2,1H3,(H,16,17). The Labute approximate surface area is 108 Å². The Bertz CT molecular complexity index is 397. The number of benzene rings is 1. The highest BCUT2D eigenvalue weighted by atomic mass is 16.5. The molecule has 2 rings (SSSR count). The summed E-state index contributed by atoms with van der Waals surface area (Å²) in [6.07, 6.45) is 1.55. The topological polar surface area (TPSA) is 50.4 Å². The van der Waals surface area contributed by atoms with Gasteiger partial charge in [0.05, 0.1) is 6.61 Å². The smallest absolute Gasteiger partial charge is 0.220 e. The van der Waals surface area contributed by atoms with Crippen LogP contribution in [0, 0.1) is 0 Å². The first-order valence-electron chi connectivity index (χ1n) is 6.35. The summed E-state index contributed by atoms with van der Waals surface area (Å²) in [6, 6.07) is 8.75. The second-order valence-corrected chi connectivity index (χ2v) is 4.67. The lowest BCUT2D eigenvalue weighted by atomic mass is 10.1. The third kappa shape index (κ3) is 3.82. The van der Waals surface area contributed by atoms with Crippen LogP contribution in [0.2, 0.25) is 0 Å². The average Bonchev–Trinajstić information content (AvgIpc) is 2.39. The molecule has 98 valence electrons. The zero-order valence-corrected chi connectivity index (χ0v) is 10.7. The summed E-state index contributed by atoms with van der Waals surface area (Å²) >= 11 is 0. The Morgan fingerprint density at radius 3 is 3.00 bits per heavy atom. The number of hydrogen-bond acceptors (Lipinski definition) is 3. The van der Waals surface area contributed by atoms with Crippen LogP contribution in [-0.2, 0) is 22.7 Å². The van der Waals surface area contributed by atoms with E-state index in [9.17, 15) is 4.79 Å². The van der Waals surface area contributed by atoms with E-state index in [1.807, 2.05) is 6.07 Å². The van der Waals surface area contributed by atoms with Crippen molar-refractivity contribution >= 4 is 5.91 Å². The number of carbonyl (C=O) groups excluding carboxylic acids is 1. The number of carbonyl (C=O) groups is 1. The van der Waals surface area contributed by atoms with Gasteiger partial charge >= 0.3 is 0 Å². The molecular weight excluding hydrogens is 228 g/mol. The van der Waals surface area contributed by atoms with Crippen LogP contribution in [0.3, 0.4) is 0 Å². The molecule has 0 radical (unpaired) electrons. The molecule has 1 atom stereocenters. The molecule has 1 aromatic rings. The van der Waals surface area contributed by atoms with E-state index >= 15 is 0 Å². The largest absolute Gasteiger partial charge is 0.380 e. The molecule has 1 saturated heterocycles. The summed E-state index contributed by atoms with van der Waals surface area (Å²) in [7, 11) is 1.70. The van der Waals surface area contributed by atoms with Gasteiger partial charge in [-0.2, -0.15) is 0 Å². The van der Waals surface area contributed by atoms with E-state index in [4.69, 9.17) is 4.74 Å². The molecule has 1 aliphatic rings. The van der Waals surface area contributed by atoms with Crippen molar-refractivity contribution in [2.45, 2.75) is 32.0 Å². The molecule has 4 nitrogen and oxygen atoms in total. The fraction of sp³-hybridized carbons (Fsp3) is 0.500. The zero-order valence-electron chi connectivity index (χ0n) is 10.7. The molecule has 18 heavy (non-hydrogen) atoms. The van der Waals surface area contributed by atoms with Crippen molar-refractivity contribution in [3.63, 3.8) is 0 Å². The second kappa shape index (κ2) is 6.52. The molecule has 0 aromatic heterocycles. The molecule has 0 aliphatic carbocycles. The third-order valence-corrected chi connectivity index (χ3v) is 3.16. The normalized spacial score (nSPS) is 19.6. The number of rotatable bonds is 5. The lowest BCUT2D eigenvalue weighted by Crippen LogP contribution is -2.45. The van der Waals surface area contributed by atoms with Crippen LogP contribution < -0.4 is 10.6 Å². The minimum absolute atomic E-state index is 0.162. The fourth-order valence-corrected chi connectivity index (χ4v) is 2.17. The van der Waals surface area contributed by atoms with Gasteiger partial charge in [-0.15, -0.1) is 0 Å². The number of piperidine rings is 1. The van der Waals surface area contributed by atoms with E-state index in [1.54, 1.807) is 7.11 Å². The molecule has 1 fully saturated rings. The Morgan fingerprint density at radius 2 is 2.28 bits per heavy atom. The van der Waals surface area contributed by atoms with Gasteiger partial charge in [-0.1, -0.05) is 24.3 Å². The first-order valence-corrected chi connectivity index (χ1v) is 6.35. The van der Waals surface area contributed by atoms with Crippen molar-refractivity contribution in [3.8, 4) is 0 Å². The highest BCUT2D eigenvalue weighted by molar-refractivity contribution is 5.76. The number of ether oxygens (including phenoxy) is 1. The summed E-state index contributed by atoms with van der Waals surface area (Å²) in [6.45, 7) is 2.21. The summed E-state index contributed by atoms with van der Waals surface area (Å²) in [4.78, 5) is 11.0. The van der Waals surface area contributed by atoms with Gasteiger partial charge in [-0.3, -0.25) is 4.79 Å². The second-order valence-electron chi connectivity index (χ2n) is 4.67. The van der Waals surface area contributed by atoms with Gasteiger partial charge in [-0.05, 0) is 17.5 Å². The predicted octanol–water partition coefficient (Wildman–Crippen LogP) is 1.20. The van der Waals surface area contributed by atoms with Crippen LogP contribution in [0.1, 0.15) is 24.0 Å². The van der Waals surface area contributed by atoms with Gasteiger partial charge in [0.15, 0.2) is 0 Å². The molecule has 2 N–H and O–H groups in total. The van der Waals surface area contributed by atoms with Crippen molar-refractivity contribution in [1.82, 2.24) is 10.6 Å². The fourth-order valence-electron chi connectivity index (χ4n) is 2.17. The molecule has 4 heteroatoms. The molecular formula is C14H20N2O2. The summed E-state index contributed by atoms with van der Waals surface area (Å²) in [5.74, 6) is 0.162. The number of nitrogens with one attached hydrogen (secondary N) is 2. The van der Waals surface area contributed by atoms with Gasteiger partial charge in [0.1, 0.15) is 0 Å². The molecule has 1 aliphatic heterocycles. The summed E-state index contributed by atoms with van der Waals surface area (Å²) < 4.78 is 5.12. The number of methoxy groups -OCH3 is 1. The monoisotopic (exact) mass is 248 g/mol. The minimum atomic E-state index is 0.162. The third-order valence-electron chi connectivity index (χ3n) is 3.16. The van der Waals surface area contributed by atoms with Crippen LogP contribution in [0.15, 0.2) is 24.3 Å². The first-order chi connectivity index (χ1) is 8.78.